The van der Waals surface area contributed by atoms with Crippen molar-refractivity contribution in [3.05, 3.63) is 41.7 Å². The van der Waals surface area contributed by atoms with Crippen molar-refractivity contribution in [2.45, 2.75) is 57.0 Å². The number of benzene rings is 1. The molecule has 0 aromatic heterocycles. The lowest BCUT2D eigenvalue weighted by molar-refractivity contribution is -0.138. The summed E-state index contributed by atoms with van der Waals surface area (Å²) in [5.74, 6) is 0.903. The topological polar surface area (TPSA) is 73.6 Å². The first-order valence-electron chi connectivity index (χ1n) is 10.5. The van der Waals surface area contributed by atoms with E-state index in [2.05, 4.69) is 17.4 Å². The van der Waals surface area contributed by atoms with Gasteiger partial charge < -0.3 is 20.5 Å². The van der Waals surface area contributed by atoms with Crippen molar-refractivity contribution in [1.82, 2.24) is 5.32 Å². The minimum absolute atomic E-state index is 0.0312. The molecule has 3 aliphatic rings. The standard InChI is InChI=1S/C23H33FN2O3/c1-17(28-2)15-26-21(27)23-10-7-22(8-11-23,9-12-23)19-3-5-20(6-4-19)29-16-18(13-24)14-25/h3-6,13,17H,7-12,14-16,25H2,1-2H3,(H,26,27). The maximum atomic E-state index is 12.8. The van der Waals surface area contributed by atoms with Crippen LogP contribution >= 0.6 is 0 Å². The third-order valence-corrected chi connectivity index (χ3v) is 6.99. The van der Waals surface area contributed by atoms with Crippen molar-refractivity contribution in [2.24, 2.45) is 11.1 Å². The van der Waals surface area contributed by atoms with Gasteiger partial charge in [0.05, 0.1) is 12.4 Å². The molecule has 3 saturated carbocycles. The molecular formula is C23H33FN2O3. The maximum Gasteiger partial charge on any atom is 0.226 e. The highest BCUT2D eigenvalue weighted by atomic mass is 19.1. The van der Waals surface area contributed by atoms with Crippen molar-refractivity contribution in [3.8, 4) is 5.75 Å². The zero-order valence-corrected chi connectivity index (χ0v) is 17.5. The number of rotatable bonds is 9. The van der Waals surface area contributed by atoms with Crippen molar-refractivity contribution in [3.63, 3.8) is 0 Å². The number of ether oxygens (including phenoxy) is 2. The van der Waals surface area contributed by atoms with Crippen LogP contribution in [0.2, 0.25) is 0 Å². The number of methoxy groups -OCH3 is 1. The van der Waals surface area contributed by atoms with Crippen LogP contribution in [-0.2, 0) is 14.9 Å². The van der Waals surface area contributed by atoms with Crippen LogP contribution in [0.5, 0.6) is 5.75 Å². The second kappa shape index (κ2) is 9.26. The average Bonchev–Trinajstić information content (AvgIpc) is 2.79. The third-order valence-electron chi connectivity index (χ3n) is 6.99. The van der Waals surface area contributed by atoms with Gasteiger partial charge in [-0.25, -0.2) is 4.39 Å². The number of fused-ring (bicyclic) bond motifs is 3. The minimum atomic E-state index is -0.213. The first kappa shape index (κ1) is 21.8. The van der Waals surface area contributed by atoms with Gasteiger partial charge in [0.1, 0.15) is 12.4 Å². The molecule has 0 heterocycles. The van der Waals surface area contributed by atoms with Crippen molar-refractivity contribution in [1.29, 1.82) is 0 Å². The minimum Gasteiger partial charge on any atom is -0.489 e. The Kier molecular flexibility index (Phi) is 6.96. The van der Waals surface area contributed by atoms with Gasteiger partial charge in [0.2, 0.25) is 5.91 Å². The first-order valence-corrected chi connectivity index (χ1v) is 10.5. The molecule has 0 aliphatic heterocycles. The molecule has 1 atom stereocenters. The van der Waals surface area contributed by atoms with Crippen LogP contribution in [0.25, 0.3) is 0 Å². The summed E-state index contributed by atoms with van der Waals surface area (Å²) in [6, 6.07) is 8.14. The molecule has 4 rings (SSSR count). The number of carbonyl (C=O) groups is 1. The molecule has 2 bridgehead atoms. The molecule has 160 valence electrons. The maximum absolute atomic E-state index is 12.8. The summed E-state index contributed by atoms with van der Waals surface area (Å²) in [4.78, 5) is 12.8. The zero-order chi connectivity index (χ0) is 20.9. The molecule has 0 spiro atoms. The van der Waals surface area contributed by atoms with E-state index in [4.69, 9.17) is 15.2 Å². The molecule has 3 fully saturated rings. The van der Waals surface area contributed by atoms with Gasteiger partial charge in [-0.15, -0.1) is 0 Å². The number of hydrogen-bond acceptors (Lipinski definition) is 4. The van der Waals surface area contributed by atoms with Gasteiger partial charge >= 0.3 is 0 Å². The Bertz CT molecular complexity index is 708. The molecule has 5 nitrogen and oxygen atoms in total. The number of nitrogens with two attached hydrogens (primary N) is 1. The lowest BCUT2D eigenvalue weighted by Gasteiger charge is -2.52. The fourth-order valence-electron chi connectivity index (χ4n) is 4.68. The van der Waals surface area contributed by atoms with E-state index in [9.17, 15) is 9.18 Å². The SMILES string of the molecule is COC(C)CNC(=O)C12CCC(c3ccc(OCC(=CF)CN)cc3)(CC1)CC2. The predicted octanol–water partition coefficient (Wildman–Crippen LogP) is 3.62. The highest BCUT2D eigenvalue weighted by Gasteiger charge is 2.52. The van der Waals surface area contributed by atoms with Crippen LogP contribution in [0, 0.1) is 5.41 Å². The highest BCUT2D eigenvalue weighted by Crippen LogP contribution is 2.57. The molecule has 1 aromatic carbocycles. The Balaban J connectivity index is 1.59. The smallest absolute Gasteiger partial charge is 0.226 e. The summed E-state index contributed by atoms with van der Waals surface area (Å²) >= 11 is 0. The number of hydrogen-bond donors (Lipinski definition) is 2. The number of halogens is 1. The van der Waals surface area contributed by atoms with Crippen LogP contribution in [-0.4, -0.2) is 38.8 Å². The summed E-state index contributed by atoms with van der Waals surface area (Å²) in [6.45, 7) is 2.84. The summed E-state index contributed by atoms with van der Waals surface area (Å²) in [5, 5.41) is 3.09. The average molecular weight is 405 g/mol. The van der Waals surface area contributed by atoms with Crippen molar-refractivity contribution >= 4 is 5.91 Å². The first-order chi connectivity index (χ1) is 14.0. The second-order valence-corrected chi connectivity index (χ2v) is 8.60. The Labute approximate surface area is 172 Å². The van der Waals surface area contributed by atoms with Gasteiger partial charge in [-0.2, -0.15) is 0 Å². The predicted molar refractivity (Wildman–Crippen MR) is 111 cm³/mol. The van der Waals surface area contributed by atoms with E-state index < -0.39 is 0 Å². The molecule has 6 heteroatoms. The molecule has 29 heavy (non-hydrogen) atoms. The fourth-order valence-corrected chi connectivity index (χ4v) is 4.68. The zero-order valence-electron chi connectivity index (χ0n) is 17.5. The van der Waals surface area contributed by atoms with Gasteiger partial charge in [0, 0.05) is 31.2 Å². The van der Waals surface area contributed by atoms with E-state index in [0.717, 1.165) is 38.5 Å². The van der Waals surface area contributed by atoms with Gasteiger partial charge in [-0.05, 0) is 68.6 Å². The van der Waals surface area contributed by atoms with Crippen LogP contribution in [0.1, 0.15) is 51.0 Å². The Morgan fingerprint density at radius 2 is 1.83 bits per heavy atom. The Hall–Kier alpha value is -1.92. The van der Waals surface area contributed by atoms with E-state index in [1.807, 2.05) is 19.1 Å². The van der Waals surface area contributed by atoms with Crippen LogP contribution in [0.4, 0.5) is 4.39 Å². The fraction of sp³-hybridized carbons (Fsp3) is 0.609. The van der Waals surface area contributed by atoms with E-state index in [0.29, 0.717) is 24.2 Å². The lowest BCUT2D eigenvalue weighted by atomic mass is 9.51. The molecule has 1 amide bonds. The molecule has 1 aromatic rings. The highest BCUT2D eigenvalue weighted by molar-refractivity contribution is 5.83. The second-order valence-electron chi connectivity index (χ2n) is 8.60. The summed E-state index contributed by atoms with van der Waals surface area (Å²) in [6.07, 6.45) is 6.42. The van der Waals surface area contributed by atoms with E-state index in [-0.39, 0.29) is 36.0 Å². The van der Waals surface area contributed by atoms with Crippen LogP contribution in [0.3, 0.4) is 0 Å². The summed E-state index contributed by atoms with van der Waals surface area (Å²) < 4.78 is 23.5. The van der Waals surface area contributed by atoms with Crippen LogP contribution < -0.4 is 15.8 Å². The normalized spacial score (nSPS) is 27.5. The van der Waals surface area contributed by atoms with Gasteiger partial charge in [-0.3, -0.25) is 4.79 Å². The van der Waals surface area contributed by atoms with Gasteiger partial charge in [0.15, 0.2) is 0 Å². The largest absolute Gasteiger partial charge is 0.489 e. The molecule has 1 unspecified atom stereocenters. The molecule has 3 N–H and O–H groups in total. The molecule has 0 radical (unpaired) electrons. The monoisotopic (exact) mass is 404 g/mol. The van der Waals surface area contributed by atoms with Crippen LogP contribution in [0.15, 0.2) is 36.2 Å². The van der Waals surface area contributed by atoms with E-state index in [1.54, 1.807) is 7.11 Å². The van der Waals surface area contributed by atoms with E-state index in [1.165, 1.54) is 5.56 Å². The van der Waals surface area contributed by atoms with E-state index >= 15 is 0 Å². The summed E-state index contributed by atoms with van der Waals surface area (Å²) in [5.41, 5.74) is 7.14. The molecule has 3 aliphatic carbocycles. The molecular weight excluding hydrogens is 371 g/mol. The Morgan fingerprint density at radius 3 is 2.34 bits per heavy atom. The Morgan fingerprint density at radius 1 is 1.21 bits per heavy atom. The number of carbonyl (C=O) groups excluding carboxylic acids is 1. The quantitative estimate of drug-likeness (QED) is 0.659. The van der Waals surface area contributed by atoms with Crippen molar-refractivity contribution < 1.29 is 18.7 Å². The summed E-state index contributed by atoms with van der Waals surface area (Å²) in [7, 11) is 1.66. The van der Waals surface area contributed by atoms with Gasteiger partial charge in [-0.1, -0.05) is 12.1 Å². The number of amides is 1. The van der Waals surface area contributed by atoms with Gasteiger partial charge in [0.25, 0.3) is 0 Å². The number of nitrogens with one attached hydrogen (secondary N) is 1. The van der Waals surface area contributed by atoms with Crippen molar-refractivity contribution in [2.75, 3.05) is 26.8 Å². The lowest BCUT2D eigenvalue weighted by Crippen LogP contribution is -2.52. The molecule has 0 saturated heterocycles. The third kappa shape index (κ3) is 4.64.